The van der Waals surface area contributed by atoms with Crippen LogP contribution in [-0.4, -0.2) is 9.97 Å². The Labute approximate surface area is 171 Å². The summed E-state index contributed by atoms with van der Waals surface area (Å²) >= 11 is 0. The van der Waals surface area contributed by atoms with Crippen molar-refractivity contribution in [1.29, 1.82) is 0 Å². The van der Waals surface area contributed by atoms with Crippen molar-refractivity contribution in [2.24, 2.45) is 0 Å². The maximum absolute atomic E-state index is 11.7. The highest BCUT2D eigenvalue weighted by Crippen LogP contribution is 2.21. The number of aromatic nitrogens is 2. The number of benzene rings is 4. The third-order valence-electron chi connectivity index (χ3n) is 5.27. The lowest BCUT2D eigenvalue weighted by molar-refractivity contribution is 1.34. The summed E-state index contributed by atoms with van der Waals surface area (Å²) in [5.74, 6) is 0. The maximum atomic E-state index is 11.7. The molecule has 0 saturated carbocycles. The number of nitrogens with one attached hydrogen (secondary N) is 2. The molecular formula is C26H18N2O2. The van der Waals surface area contributed by atoms with Gasteiger partial charge in [0.25, 0.3) is 11.1 Å². The largest absolute Gasteiger partial charge is 0.321 e. The predicted octanol–water partition coefficient (Wildman–Crippen LogP) is 5.36. The molecule has 0 spiro atoms. The van der Waals surface area contributed by atoms with Crippen molar-refractivity contribution in [3.63, 3.8) is 0 Å². The topological polar surface area (TPSA) is 65.7 Å². The molecule has 0 bridgehead atoms. The molecule has 4 heteroatoms. The lowest BCUT2D eigenvalue weighted by atomic mass is 10.1. The third-order valence-corrected chi connectivity index (χ3v) is 5.27. The Balaban J connectivity index is 0.000000128. The van der Waals surface area contributed by atoms with Crippen molar-refractivity contribution >= 4 is 43.4 Å². The van der Waals surface area contributed by atoms with Gasteiger partial charge in [0.05, 0.1) is 0 Å². The minimum absolute atomic E-state index is 0.0238. The second kappa shape index (κ2) is 7.33. The molecular weight excluding hydrogens is 372 g/mol. The molecule has 144 valence electrons. The summed E-state index contributed by atoms with van der Waals surface area (Å²) in [5, 5.41) is 5.70. The molecule has 2 heterocycles. The Morgan fingerprint density at radius 1 is 0.367 bits per heavy atom. The zero-order chi connectivity index (χ0) is 20.5. The van der Waals surface area contributed by atoms with Crippen LogP contribution in [0.1, 0.15) is 0 Å². The third kappa shape index (κ3) is 3.05. The standard InChI is InChI=1S/2C13H9NO/c2*15-13-11-7-2-1-5-9(11)10-6-3-4-8-12(10)14-13/h2*1-8H,(H,14,15). The van der Waals surface area contributed by atoms with E-state index in [0.29, 0.717) is 0 Å². The van der Waals surface area contributed by atoms with Crippen LogP contribution < -0.4 is 11.1 Å². The quantitative estimate of drug-likeness (QED) is 0.343. The number of rotatable bonds is 0. The van der Waals surface area contributed by atoms with Crippen LogP contribution >= 0.6 is 0 Å². The van der Waals surface area contributed by atoms with E-state index in [9.17, 15) is 9.59 Å². The molecule has 2 N–H and O–H groups in total. The van der Waals surface area contributed by atoms with Crippen molar-refractivity contribution < 1.29 is 0 Å². The van der Waals surface area contributed by atoms with Gasteiger partial charge < -0.3 is 9.97 Å². The van der Waals surface area contributed by atoms with Gasteiger partial charge in [-0.1, -0.05) is 72.8 Å². The molecule has 0 aliphatic carbocycles. The SMILES string of the molecule is O=c1[nH]c2ccccc2c2ccccc12.O=c1[nH]c2ccccc2c2ccccc12. The molecule has 4 aromatic carbocycles. The molecule has 0 radical (unpaired) electrons. The van der Waals surface area contributed by atoms with Gasteiger partial charge in [-0.15, -0.1) is 0 Å². The Morgan fingerprint density at radius 2 is 0.667 bits per heavy atom. The Bertz CT molecular complexity index is 1520. The summed E-state index contributed by atoms with van der Waals surface area (Å²) < 4.78 is 0. The summed E-state index contributed by atoms with van der Waals surface area (Å²) in [6.07, 6.45) is 0. The van der Waals surface area contributed by atoms with E-state index in [0.717, 1.165) is 43.4 Å². The maximum Gasteiger partial charge on any atom is 0.256 e. The summed E-state index contributed by atoms with van der Waals surface area (Å²) in [5.41, 5.74) is 1.73. The van der Waals surface area contributed by atoms with Crippen molar-refractivity contribution in [3.05, 3.63) is 118 Å². The minimum Gasteiger partial charge on any atom is -0.321 e. The lowest BCUT2D eigenvalue weighted by Crippen LogP contribution is -2.05. The number of pyridine rings is 2. The van der Waals surface area contributed by atoms with Crippen LogP contribution in [0.4, 0.5) is 0 Å². The van der Waals surface area contributed by atoms with E-state index in [-0.39, 0.29) is 11.1 Å². The summed E-state index contributed by atoms with van der Waals surface area (Å²) in [7, 11) is 0. The predicted molar refractivity (Wildman–Crippen MR) is 124 cm³/mol. The molecule has 0 amide bonds. The van der Waals surface area contributed by atoms with Gasteiger partial charge in [0.2, 0.25) is 0 Å². The first-order valence-corrected chi connectivity index (χ1v) is 9.72. The Hall–Kier alpha value is -4.18. The normalized spacial score (nSPS) is 10.9. The second-order valence-corrected chi connectivity index (χ2v) is 7.09. The van der Waals surface area contributed by atoms with E-state index in [2.05, 4.69) is 9.97 Å². The first-order chi connectivity index (χ1) is 14.7. The average molecular weight is 390 g/mol. The molecule has 2 aromatic heterocycles. The molecule has 4 nitrogen and oxygen atoms in total. The van der Waals surface area contributed by atoms with Gasteiger partial charge in [-0.05, 0) is 35.0 Å². The molecule has 0 aliphatic heterocycles. The summed E-state index contributed by atoms with van der Waals surface area (Å²) in [4.78, 5) is 29.2. The van der Waals surface area contributed by atoms with Gasteiger partial charge >= 0.3 is 0 Å². The highest BCUT2D eigenvalue weighted by Gasteiger charge is 2.03. The summed E-state index contributed by atoms with van der Waals surface area (Å²) in [6, 6.07) is 31.0. The number of H-pyrrole nitrogens is 2. The van der Waals surface area contributed by atoms with Crippen LogP contribution in [0.25, 0.3) is 43.4 Å². The van der Waals surface area contributed by atoms with Crippen molar-refractivity contribution in [1.82, 2.24) is 9.97 Å². The Morgan fingerprint density at radius 3 is 1.07 bits per heavy atom. The molecule has 0 atom stereocenters. The fourth-order valence-electron chi connectivity index (χ4n) is 3.87. The molecule has 0 fully saturated rings. The van der Waals surface area contributed by atoms with Crippen LogP contribution in [0.5, 0.6) is 0 Å². The van der Waals surface area contributed by atoms with Crippen molar-refractivity contribution in [2.75, 3.05) is 0 Å². The average Bonchev–Trinajstić information content (AvgIpc) is 2.80. The van der Waals surface area contributed by atoms with E-state index in [4.69, 9.17) is 0 Å². The van der Waals surface area contributed by atoms with Crippen LogP contribution in [0.15, 0.2) is 107 Å². The van der Waals surface area contributed by atoms with E-state index in [1.54, 1.807) is 0 Å². The monoisotopic (exact) mass is 390 g/mol. The van der Waals surface area contributed by atoms with E-state index < -0.39 is 0 Å². The van der Waals surface area contributed by atoms with Gasteiger partial charge in [-0.2, -0.15) is 0 Å². The van der Waals surface area contributed by atoms with Gasteiger partial charge in [0, 0.05) is 32.6 Å². The molecule has 0 aliphatic rings. The number of fused-ring (bicyclic) bond motifs is 6. The van der Waals surface area contributed by atoms with Crippen molar-refractivity contribution in [3.8, 4) is 0 Å². The number of aromatic amines is 2. The van der Waals surface area contributed by atoms with Gasteiger partial charge in [-0.25, -0.2) is 0 Å². The smallest absolute Gasteiger partial charge is 0.256 e. The van der Waals surface area contributed by atoms with Crippen molar-refractivity contribution in [2.45, 2.75) is 0 Å². The molecule has 30 heavy (non-hydrogen) atoms. The number of para-hydroxylation sites is 2. The zero-order valence-electron chi connectivity index (χ0n) is 16.1. The zero-order valence-corrected chi connectivity index (χ0v) is 16.1. The van der Waals surface area contributed by atoms with Gasteiger partial charge in [-0.3, -0.25) is 9.59 Å². The molecule has 0 unspecified atom stereocenters. The lowest BCUT2D eigenvalue weighted by Gasteiger charge is -2.02. The number of hydrogen-bond donors (Lipinski definition) is 2. The molecule has 0 saturated heterocycles. The highest BCUT2D eigenvalue weighted by molar-refractivity contribution is 6.05. The van der Waals surface area contributed by atoms with Gasteiger partial charge in [0.15, 0.2) is 0 Å². The van der Waals surface area contributed by atoms with E-state index in [1.165, 1.54) is 0 Å². The summed E-state index contributed by atoms with van der Waals surface area (Å²) in [6.45, 7) is 0. The minimum atomic E-state index is -0.0238. The van der Waals surface area contributed by atoms with Crippen LogP contribution in [0.3, 0.4) is 0 Å². The fraction of sp³-hybridized carbons (Fsp3) is 0. The van der Waals surface area contributed by atoms with Crippen LogP contribution in [0.2, 0.25) is 0 Å². The fourth-order valence-corrected chi connectivity index (χ4v) is 3.87. The first-order valence-electron chi connectivity index (χ1n) is 9.72. The van der Waals surface area contributed by atoms with Gasteiger partial charge in [0.1, 0.15) is 0 Å². The molecule has 6 aromatic rings. The van der Waals surface area contributed by atoms with Crippen LogP contribution in [-0.2, 0) is 0 Å². The first kappa shape index (κ1) is 17.9. The molecule has 6 rings (SSSR count). The second-order valence-electron chi connectivity index (χ2n) is 7.09. The Kier molecular flexibility index (Phi) is 4.37. The number of hydrogen-bond acceptors (Lipinski definition) is 2. The van der Waals surface area contributed by atoms with Crippen LogP contribution in [0, 0.1) is 0 Å². The van der Waals surface area contributed by atoms with E-state index in [1.807, 2.05) is 97.1 Å². The van der Waals surface area contributed by atoms with E-state index >= 15 is 0 Å². The highest BCUT2D eigenvalue weighted by atomic mass is 16.1.